The van der Waals surface area contributed by atoms with Crippen LogP contribution < -0.4 is 0 Å². The number of hydrogen-bond acceptors (Lipinski definition) is 6. The summed E-state index contributed by atoms with van der Waals surface area (Å²) in [7, 11) is -3.76. The highest BCUT2D eigenvalue weighted by atomic mass is 32.2. The highest BCUT2D eigenvalue weighted by Crippen LogP contribution is 2.21. The normalized spacial score (nSPS) is 18.3. The summed E-state index contributed by atoms with van der Waals surface area (Å²) in [5, 5.41) is 19.8. The molecule has 0 aromatic heterocycles. The summed E-state index contributed by atoms with van der Waals surface area (Å²) in [6.45, 7) is 3.96. The van der Waals surface area contributed by atoms with Crippen molar-refractivity contribution in [3.05, 3.63) is 34.4 Å². The van der Waals surface area contributed by atoms with Gasteiger partial charge in [0.15, 0.2) is 0 Å². The number of carboxylic acids is 1. The zero-order valence-electron chi connectivity index (χ0n) is 14.6. The Morgan fingerprint density at radius 2 is 2.00 bits per heavy atom. The number of nitrogens with zero attached hydrogens (tertiary/aromatic N) is 3. The van der Waals surface area contributed by atoms with E-state index in [0.717, 1.165) is 0 Å². The van der Waals surface area contributed by atoms with Crippen molar-refractivity contribution in [1.82, 2.24) is 9.21 Å². The van der Waals surface area contributed by atoms with E-state index in [-0.39, 0.29) is 17.1 Å². The summed E-state index contributed by atoms with van der Waals surface area (Å²) in [6.07, 6.45) is 1.20. The lowest BCUT2D eigenvalue weighted by Gasteiger charge is -2.24. The van der Waals surface area contributed by atoms with Crippen LogP contribution in [-0.4, -0.2) is 66.3 Å². The molecule has 1 saturated heterocycles. The molecule has 2 rings (SSSR count). The molecule has 1 N–H and O–H groups in total. The van der Waals surface area contributed by atoms with Crippen LogP contribution in [0.3, 0.4) is 0 Å². The molecule has 0 radical (unpaired) electrons. The summed E-state index contributed by atoms with van der Waals surface area (Å²) in [6, 6.07) is 4.84. The first kappa shape index (κ1) is 20.3. The Kier molecular flexibility index (Phi) is 6.68. The SMILES string of the molecule is CCCN(CCN1CCC(C(=O)O)C1)S(=O)(=O)c1ccc([N+](=O)[O-])cc1. The van der Waals surface area contributed by atoms with E-state index in [1.807, 2.05) is 11.8 Å². The number of carboxylic acid groups (broad SMARTS) is 1. The fourth-order valence-electron chi connectivity index (χ4n) is 2.98. The number of hydrogen-bond donors (Lipinski definition) is 1. The standard InChI is InChI=1S/C16H23N3O6S/c1-2-8-18(11-10-17-9-7-13(12-17)16(20)21)26(24,25)15-5-3-14(4-6-15)19(22)23/h3-6,13H,2,7-12H2,1H3,(H,20,21). The number of aliphatic carboxylic acids is 1. The van der Waals surface area contributed by atoms with Crippen molar-refractivity contribution in [2.24, 2.45) is 5.92 Å². The predicted octanol–water partition coefficient (Wildman–Crippen LogP) is 1.40. The van der Waals surface area contributed by atoms with Gasteiger partial charge in [0.25, 0.3) is 5.69 Å². The molecule has 1 aromatic carbocycles. The highest BCUT2D eigenvalue weighted by molar-refractivity contribution is 7.89. The molecule has 26 heavy (non-hydrogen) atoms. The molecule has 10 heteroatoms. The third-order valence-corrected chi connectivity index (χ3v) is 6.36. The number of non-ortho nitro benzene ring substituents is 1. The van der Waals surface area contributed by atoms with E-state index in [1.54, 1.807) is 0 Å². The number of likely N-dealkylation sites (tertiary alicyclic amines) is 1. The molecular weight excluding hydrogens is 362 g/mol. The highest BCUT2D eigenvalue weighted by Gasteiger charge is 2.30. The first-order valence-corrected chi connectivity index (χ1v) is 9.89. The maximum atomic E-state index is 12.8. The molecule has 1 unspecified atom stereocenters. The third-order valence-electron chi connectivity index (χ3n) is 4.45. The monoisotopic (exact) mass is 385 g/mol. The first-order chi connectivity index (χ1) is 12.3. The first-order valence-electron chi connectivity index (χ1n) is 8.45. The van der Waals surface area contributed by atoms with Gasteiger partial charge in [0.1, 0.15) is 0 Å². The second kappa shape index (κ2) is 8.56. The summed E-state index contributed by atoms with van der Waals surface area (Å²) in [5.74, 6) is -1.22. The van der Waals surface area contributed by atoms with Gasteiger partial charge in [-0.3, -0.25) is 14.9 Å². The zero-order chi connectivity index (χ0) is 19.3. The number of nitro groups is 1. The molecule has 0 spiro atoms. The van der Waals surface area contributed by atoms with Crippen LogP contribution in [0, 0.1) is 16.0 Å². The topological polar surface area (TPSA) is 121 Å². The predicted molar refractivity (Wildman–Crippen MR) is 94.3 cm³/mol. The Bertz CT molecular complexity index is 750. The number of rotatable bonds is 9. The molecule has 1 atom stereocenters. The van der Waals surface area contributed by atoms with Crippen LogP contribution in [0.4, 0.5) is 5.69 Å². The maximum Gasteiger partial charge on any atom is 0.307 e. The second-order valence-electron chi connectivity index (χ2n) is 6.28. The Hall–Kier alpha value is -2.04. The quantitative estimate of drug-likeness (QED) is 0.504. The minimum absolute atomic E-state index is 0.0152. The van der Waals surface area contributed by atoms with Crippen LogP contribution in [0.25, 0.3) is 0 Å². The fraction of sp³-hybridized carbons (Fsp3) is 0.562. The lowest BCUT2D eigenvalue weighted by atomic mass is 10.1. The lowest BCUT2D eigenvalue weighted by molar-refractivity contribution is -0.384. The van der Waals surface area contributed by atoms with E-state index < -0.39 is 26.8 Å². The maximum absolute atomic E-state index is 12.8. The fourth-order valence-corrected chi connectivity index (χ4v) is 4.50. The van der Waals surface area contributed by atoms with E-state index in [0.29, 0.717) is 39.0 Å². The number of benzene rings is 1. The van der Waals surface area contributed by atoms with Crippen LogP contribution in [0.1, 0.15) is 19.8 Å². The molecule has 0 bridgehead atoms. The Balaban J connectivity index is 2.07. The van der Waals surface area contributed by atoms with Gasteiger partial charge in [-0.2, -0.15) is 4.31 Å². The van der Waals surface area contributed by atoms with Gasteiger partial charge >= 0.3 is 5.97 Å². The van der Waals surface area contributed by atoms with E-state index in [1.165, 1.54) is 28.6 Å². The number of carbonyl (C=O) groups is 1. The van der Waals surface area contributed by atoms with Gasteiger partial charge in [-0.15, -0.1) is 0 Å². The van der Waals surface area contributed by atoms with Crippen molar-refractivity contribution < 1.29 is 23.2 Å². The van der Waals surface area contributed by atoms with Crippen molar-refractivity contribution in [2.75, 3.05) is 32.7 Å². The molecule has 0 amide bonds. The van der Waals surface area contributed by atoms with Gasteiger partial charge in [-0.1, -0.05) is 6.92 Å². The Morgan fingerprint density at radius 3 is 2.50 bits per heavy atom. The van der Waals surface area contributed by atoms with Gasteiger partial charge in [0, 0.05) is 38.3 Å². The molecule has 1 fully saturated rings. The number of sulfonamides is 1. The van der Waals surface area contributed by atoms with Crippen molar-refractivity contribution in [3.8, 4) is 0 Å². The smallest absolute Gasteiger partial charge is 0.307 e. The van der Waals surface area contributed by atoms with Gasteiger partial charge in [0.2, 0.25) is 10.0 Å². The van der Waals surface area contributed by atoms with Crippen LogP contribution in [0.2, 0.25) is 0 Å². The molecule has 1 aromatic rings. The van der Waals surface area contributed by atoms with Crippen LogP contribution in [0.15, 0.2) is 29.2 Å². The van der Waals surface area contributed by atoms with Crippen molar-refractivity contribution in [3.63, 3.8) is 0 Å². The number of nitro benzene ring substituents is 1. The Labute approximate surface area is 152 Å². The molecular formula is C16H23N3O6S. The summed E-state index contributed by atoms with van der Waals surface area (Å²) < 4.78 is 27.0. The largest absolute Gasteiger partial charge is 0.481 e. The van der Waals surface area contributed by atoms with Gasteiger partial charge in [-0.05, 0) is 31.5 Å². The average molecular weight is 385 g/mol. The molecule has 0 saturated carbocycles. The molecule has 0 aliphatic carbocycles. The second-order valence-corrected chi connectivity index (χ2v) is 8.22. The van der Waals surface area contributed by atoms with Crippen molar-refractivity contribution >= 4 is 21.7 Å². The van der Waals surface area contributed by atoms with E-state index in [4.69, 9.17) is 5.11 Å². The van der Waals surface area contributed by atoms with E-state index in [9.17, 15) is 23.3 Å². The molecule has 1 aliphatic rings. The molecule has 9 nitrogen and oxygen atoms in total. The van der Waals surface area contributed by atoms with Gasteiger partial charge < -0.3 is 10.0 Å². The Morgan fingerprint density at radius 1 is 1.35 bits per heavy atom. The van der Waals surface area contributed by atoms with E-state index in [2.05, 4.69) is 0 Å². The minimum Gasteiger partial charge on any atom is -0.481 e. The molecule has 1 heterocycles. The van der Waals surface area contributed by atoms with Crippen LogP contribution >= 0.6 is 0 Å². The third kappa shape index (κ3) is 4.77. The summed E-state index contributed by atoms with van der Waals surface area (Å²) in [4.78, 5) is 23.1. The van der Waals surface area contributed by atoms with Crippen LogP contribution in [0.5, 0.6) is 0 Å². The van der Waals surface area contributed by atoms with Gasteiger partial charge in [-0.25, -0.2) is 8.42 Å². The van der Waals surface area contributed by atoms with Crippen molar-refractivity contribution in [2.45, 2.75) is 24.7 Å². The van der Waals surface area contributed by atoms with Crippen molar-refractivity contribution in [1.29, 1.82) is 0 Å². The summed E-state index contributed by atoms with van der Waals surface area (Å²) in [5.41, 5.74) is -0.164. The van der Waals surface area contributed by atoms with E-state index >= 15 is 0 Å². The van der Waals surface area contributed by atoms with Gasteiger partial charge in [0.05, 0.1) is 15.7 Å². The lowest BCUT2D eigenvalue weighted by Crippen LogP contribution is -2.38. The average Bonchev–Trinajstić information content (AvgIpc) is 3.07. The zero-order valence-corrected chi connectivity index (χ0v) is 15.4. The summed E-state index contributed by atoms with van der Waals surface area (Å²) >= 11 is 0. The molecule has 144 valence electrons. The minimum atomic E-state index is -3.76. The van der Waals surface area contributed by atoms with Crippen LogP contribution in [-0.2, 0) is 14.8 Å². The molecule has 1 aliphatic heterocycles.